The molecule has 0 unspecified atom stereocenters. The molecule has 2 aliphatic heterocycles. The summed E-state index contributed by atoms with van der Waals surface area (Å²) in [6, 6.07) is -0.546. The van der Waals surface area contributed by atoms with E-state index < -0.39 is 24.0 Å². The van der Waals surface area contributed by atoms with Gasteiger partial charge in [0.2, 0.25) is 0 Å². The monoisotopic (exact) mass is 273 g/mol. The van der Waals surface area contributed by atoms with Crippen molar-refractivity contribution in [3.05, 3.63) is 12.3 Å². The molecule has 0 bridgehead atoms. The highest BCUT2D eigenvalue weighted by molar-refractivity contribution is 5.12. The lowest BCUT2D eigenvalue weighted by Crippen LogP contribution is -2.48. The first-order chi connectivity index (χ1) is 8.84. The van der Waals surface area contributed by atoms with Gasteiger partial charge in [-0.15, -0.1) is 0 Å². The Morgan fingerprint density at radius 2 is 2.21 bits per heavy atom. The van der Waals surface area contributed by atoms with Gasteiger partial charge < -0.3 is 29.7 Å². The zero-order valence-electron chi connectivity index (χ0n) is 11.6. The van der Waals surface area contributed by atoms with Gasteiger partial charge in [-0.1, -0.05) is 6.58 Å². The molecule has 0 saturated carbocycles. The van der Waals surface area contributed by atoms with Crippen LogP contribution in [0.4, 0.5) is 0 Å². The molecular formula is C13H23NO5. The van der Waals surface area contributed by atoms with Crippen LogP contribution < -0.4 is 5.32 Å². The summed E-state index contributed by atoms with van der Waals surface area (Å²) in [4.78, 5) is 0. The van der Waals surface area contributed by atoms with Crippen molar-refractivity contribution < 1.29 is 24.4 Å². The fourth-order valence-corrected chi connectivity index (χ4v) is 2.42. The van der Waals surface area contributed by atoms with Gasteiger partial charge in [0.25, 0.3) is 0 Å². The first-order valence-corrected chi connectivity index (χ1v) is 6.56. The van der Waals surface area contributed by atoms with Gasteiger partial charge in [0, 0.05) is 6.04 Å². The van der Waals surface area contributed by atoms with Crippen molar-refractivity contribution in [2.75, 3.05) is 13.2 Å². The normalized spacial score (nSPS) is 39.3. The summed E-state index contributed by atoms with van der Waals surface area (Å²) in [5.74, 6) is -0.190. The second-order valence-electron chi connectivity index (χ2n) is 5.63. The zero-order chi connectivity index (χ0) is 14.2. The second kappa shape index (κ2) is 5.38. The Bertz CT molecular complexity index is 346. The topological polar surface area (TPSA) is 80.2 Å². The molecule has 3 N–H and O–H groups in total. The van der Waals surface area contributed by atoms with Crippen molar-refractivity contribution in [3.8, 4) is 0 Å². The SMILES string of the molecule is C=C1O[C@H]([C@H]2COC(C)(C)O2)[C@H](O)[C@H]1N[C@@H](C)CO. The van der Waals surface area contributed by atoms with Crippen molar-refractivity contribution in [2.45, 2.75) is 57.0 Å². The number of ether oxygens (including phenoxy) is 3. The minimum absolute atomic E-state index is 0.0166. The summed E-state index contributed by atoms with van der Waals surface area (Å²) in [6.07, 6.45) is -1.60. The van der Waals surface area contributed by atoms with Crippen LogP contribution in [0.25, 0.3) is 0 Å². The maximum atomic E-state index is 10.3. The standard InChI is InChI=1S/C13H23NO5/c1-7(5-15)14-10-8(2)18-12(11(10)16)9-6-17-13(3,4)19-9/h7,9-12,14-16H,2,5-6H2,1,3-4H3/t7-,9+,10-,11+,12+/m0/s1. The van der Waals surface area contributed by atoms with E-state index in [1.807, 2.05) is 20.8 Å². The van der Waals surface area contributed by atoms with Gasteiger partial charge in [-0.2, -0.15) is 0 Å². The summed E-state index contributed by atoms with van der Waals surface area (Å²) >= 11 is 0. The summed E-state index contributed by atoms with van der Waals surface area (Å²) < 4.78 is 16.8. The Morgan fingerprint density at radius 1 is 1.53 bits per heavy atom. The van der Waals surface area contributed by atoms with Crippen molar-refractivity contribution in [1.29, 1.82) is 0 Å². The number of hydrogen-bond donors (Lipinski definition) is 3. The molecule has 6 nitrogen and oxygen atoms in total. The Kier molecular flexibility index (Phi) is 4.17. The lowest BCUT2D eigenvalue weighted by Gasteiger charge is -2.24. The Hall–Kier alpha value is -0.660. The number of aliphatic hydroxyl groups excluding tert-OH is 2. The third-order valence-corrected chi connectivity index (χ3v) is 3.45. The quantitative estimate of drug-likeness (QED) is 0.655. The fraction of sp³-hybridized carbons (Fsp3) is 0.846. The Labute approximate surface area is 113 Å². The highest BCUT2D eigenvalue weighted by Crippen LogP contribution is 2.33. The van der Waals surface area contributed by atoms with E-state index in [-0.39, 0.29) is 18.8 Å². The molecule has 0 aromatic rings. The van der Waals surface area contributed by atoms with Gasteiger partial charge in [0.15, 0.2) is 11.9 Å². The van der Waals surface area contributed by atoms with Crippen molar-refractivity contribution >= 4 is 0 Å². The van der Waals surface area contributed by atoms with Gasteiger partial charge in [-0.25, -0.2) is 0 Å². The van der Waals surface area contributed by atoms with Crippen LogP contribution in [-0.2, 0) is 14.2 Å². The van der Waals surface area contributed by atoms with Crippen LogP contribution in [0.15, 0.2) is 12.3 Å². The van der Waals surface area contributed by atoms with Crippen LogP contribution in [0.5, 0.6) is 0 Å². The largest absolute Gasteiger partial charge is 0.488 e. The van der Waals surface area contributed by atoms with E-state index in [4.69, 9.17) is 19.3 Å². The fourth-order valence-electron chi connectivity index (χ4n) is 2.42. The molecule has 0 aliphatic carbocycles. The summed E-state index contributed by atoms with van der Waals surface area (Å²) in [7, 11) is 0. The van der Waals surface area contributed by atoms with Gasteiger partial charge >= 0.3 is 0 Å². The molecule has 5 atom stereocenters. The van der Waals surface area contributed by atoms with Crippen LogP contribution in [0, 0.1) is 0 Å². The number of nitrogens with one attached hydrogen (secondary N) is 1. The highest BCUT2D eigenvalue weighted by atomic mass is 16.8. The van der Waals surface area contributed by atoms with Crippen LogP contribution >= 0.6 is 0 Å². The van der Waals surface area contributed by atoms with Crippen LogP contribution in [0.3, 0.4) is 0 Å². The number of aliphatic hydroxyl groups is 2. The lowest BCUT2D eigenvalue weighted by atomic mass is 10.0. The predicted octanol–water partition coefficient (Wildman–Crippen LogP) is -0.250. The molecule has 110 valence electrons. The molecule has 0 radical (unpaired) electrons. The first kappa shape index (κ1) is 14.7. The third-order valence-electron chi connectivity index (χ3n) is 3.45. The third kappa shape index (κ3) is 3.09. The first-order valence-electron chi connectivity index (χ1n) is 6.56. The minimum Gasteiger partial charge on any atom is -0.488 e. The lowest BCUT2D eigenvalue weighted by molar-refractivity contribution is -0.156. The molecule has 0 spiro atoms. The smallest absolute Gasteiger partial charge is 0.163 e. The summed E-state index contributed by atoms with van der Waals surface area (Å²) in [5, 5.41) is 22.5. The number of hydrogen-bond acceptors (Lipinski definition) is 6. The molecule has 0 amide bonds. The molecular weight excluding hydrogens is 250 g/mol. The molecule has 2 fully saturated rings. The van der Waals surface area contributed by atoms with Gasteiger partial charge in [0.1, 0.15) is 18.0 Å². The van der Waals surface area contributed by atoms with Crippen molar-refractivity contribution in [3.63, 3.8) is 0 Å². The summed E-state index contributed by atoms with van der Waals surface area (Å²) in [6.45, 7) is 9.65. The predicted molar refractivity (Wildman–Crippen MR) is 68.4 cm³/mol. The molecule has 0 aromatic carbocycles. The minimum atomic E-state index is -0.774. The van der Waals surface area contributed by atoms with Crippen molar-refractivity contribution in [1.82, 2.24) is 5.32 Å². The maximum Gasteiger partial charge on any atom is 0.163 e. The second-order valence-corrected chi connectivity index (χ2v) is 5.63. The van der Waals surface area contributed by atoms with Gasteiger partial charge in [-0.3, -0.25) is 0 Å². The molecule has 0 aromatic heterocycles. The van der Waals surface area contributed by atoms with Crippen LogP contribution in [0.1, 0.15) is 20.8 Å². The van der Waals surface area contributed by atoms with E-state index in [2.05, 4.69) is 11.9 Å². The van der Waals surface area contributed by atoms with E-state index in [9.17, 15) is 5.11 Å². The van der Waals surface area contributed by atoms with E-state index in [0.29, 0.717) is 12.4 Å². The Balaban J connectivity index is 2.00. The van der Waals surface area contributed by atoms with Gasteiger partial charge in [0.05, 0.1) is 19.3 Å². The summed E-state index contributed by atoms with van der Waals surface area (Å²) in [5.41, 5.74) is 0. The van der Waals surface area contributed by atoms with E-state index in [0.717, 1.165) is 0 Å². The van der Waals surface area contributed by atoms with E-state index in [1.165, 1.54) is 0 Å². The Morgan fingerprint density at radius 3 is 2.74 bits per heavy atom. The highest BCUT2D eigenvalue weighted by Gasteiger charge is 2.49. The molecule has 2 heterocycles. The molecule has 2 aliphatic rings. The average Bonchev–Trinajstić information content (AvgIpc) is 2.83. The molecule has 19 heavy (non-hydrogen) atoms. The maximum absolute atomic E-state index is 10.3. The average molecular weight is 273 g/mol. The zero-order valence-corrected chi connectivity index (χ0v) is 11.6. The van der Waals surface area contributed by atoms with Crippen LogP contribution in [0.2, 0.25) is 0 Å². The van der Waals surface area contributed by atoms with Gasteiger partial charge in [-0.05, 0) is 20.8 Å². The number of rotatable bonds is 4. The van der Waals surface area contributed by atoms with Crippen LogP contribution in [-0.4, -0.2) is 59.6 Å². The van der Waals surface area contributed by atoms with E-state index in [1.54, 1.807) is 0 Å². The molecule has 6 heteroatoms. The molecule has 2 saturated heterocycles. The molecule has 2 rings (SSSR count). The van der Waals surface area contributed by atoms with E-state index >= 15 is 0 Å². The van der Waals surface area contributed by atoms with Crippen molar-refractivity contribution in [2.24, 2.45) is 0 Å².